The number of aromatic amines is 1. The maximum atomic E-state index is 13.8. The molecule has 4 nitrogen and oxygen atoms in total. The fraction of sp³-hybridized carbons (Fsp3) is 0.417. The van der Waals surface area contributed by atoms with E-state index in [2.05, 4.69) is 10.3 Å². The number of halogens is 1. The van der Waals surface area contributed by atoms with Crippen molar-refractivity contribution in [3.63, 3.8) is 0 Å². The number of nitrogens with one attached hydrogen (secondary N) is 2. The van der Waals surface area contributed by atoms with Gasteiger partial charge < -0.3 is 4.98 Å². The Labute approximate surface area is 97.4 Å². The number of imidazole rings is 1. The van der Waals surface area contributed by atoms with Crippen LogP contribution in [0.3, 0.4) is 0 Å². The van der Waals surface area contributed by atoms with Gasteiger partial charge in [-0.05, 0) is 37.9 Å². The van der Waals surface area contributed by atoms with Crippen LogP contribution in [0.4, 0.5) is 4.39 Å². The zero-order chi connectivity index (χ0) is 11.8. The predicted octanol–water partition coefficient (Wildman–Crippen LogP) is 1.74. The lowest BCUT2D eigenvalue weighted by Crippen LogP contribution is -2.36. The van der Waals surface area contributed by atoms with E-state index in [-0.39, 0.29) is 17.7 Å². The van der Waals surface area contributed by atoms with E-state index < -0.39 is 0 Å². The molecule has 2 aromatic rings. The number of fused-ring (bicyclic) bond motifs is 1. The summed E-state index contributed by atoms with van der Waals surface area (Å²) in [5.74, 6) is -0.353. The maximum Gasteiger partial charge on any atom is 0.327 e. The standard InChI is InChI=1S/C12H14FN3O/c13-8-4-3-5-9-11(8)16(12(17)15-9)10-6-1-2-7-14-10/h3-5,10,14H,1-2,6-7H2,(H,15,17). The van der Waals surface area contributed by atoms with E-state index in [0.717, 1.165) is 25.8 Å². The molecule has 0 aliphatic carbocycles. The summed E-state index contributed by atoms with van der Waals surface area (Å²) in [6.45, 7) is 0.873. The van der Waals surface area contributed by atoms with Crippen LogP contribution in [-0.4, -0.2) is 16.1 Å². The minimum absolute atomic E-state index is 0.0955. The van der Waals surface area contributed by atoms with Crippen LogP contribution in [-0.2, 0) is 0 Å². The van der Waals surface area contributed by atoms with E-state index in [1.54, 1.807) is 12.1 Å². The number of benzene rings is 1. The SMILES string of the molecule is O=c1[nH]c2cccc(F)c2n1C1CCCCN1. The van der Waals surface area contributed by atoms with Gasteiger partial charge in [-0.1, -0.05) is 6.07 Å². The van der Waals surface area contributed by atoms with Gasteiger partial charge in [-0.15, -0.1) is 0 Å². The summed E-state index contributed by atoms with van der Waals surface area (Å²) in [7, 11) is 0. The van der Waals surface area contributed by atoms with E-state index in [9.17, 15) is 9.18 Å². The highest BCUT2D eigenvalue weighted by atomic mass is 19.1. The van der Waals surface area contributed by atoms with Gasteiger partial charge in [0.15, 0.2) is 0 Å². The first-order chi connectivity index (χ1) is 8.27. The van der Waals surface area contributed by atoms with Crippen molar-refractivity contribution in [2.75, 3.05) is 6.54 Å². The van der Waals surface area contributed by atoms with Crippen molar-refractivity contribution in [3.8, 4) is 0 Å². The molecule has 0 saturated carbocycles. The van der Waals surface area contributed by atoms with Gasteiger partial charge in [0.2, 0.25) is 0 Å². The fourth-order valence-corrected chi connectivity index (χ4v) is 2.49. The fourth-order valence-electron chi connectivity index (χ4n) is 2.49. The number of H-pyrrole nitrogens is 1. The number of rotatable bonds is 1. The van der Waals surface area contributed by atoms with Crippen LogP contribution < -0.4 is 11.0 Å². The lowest BCUT2D eigenvalue weighted by Gasteiger charge is -2.24. The first-order valence-electron chi connectivity index (χ1n) is 5.89. The molecule has 1 fully saturated rings. The Morgan fingerprint density at radius 2 is 2.24 bits per heavy atom. The summed E-state index contributed by atoms with van der Waals surface area (Å²) < 4.78 is 15.3. The Bertz CT molecular complexity index is 595. The van der Waals surface area contributed by atoms with Gasteiger partial charge in [0.25, 0.3) is 0 Å². The minimum atomic E-state index is -0.353. The monoisotopic (exact) mass is 235 g/mol. The lowest BCUT2D eigenvalue weighted by atomic mass is 10.1. The summed E-state index contributed by atoms with van der Waals surface area (Å²) in [5, 5.41) is 3.26. The van der Waals surface area contributed by atoms with Crippen molar-refractivity contribution >= 4 is 11.0 Å². The Kier molecular flexibility index (Phi) is 2.48. The van der Waals surface area contributed by atoms with Gasteiger partial charge in [-0.3, -0.25) is 9.88 Å². The highest BCUT2D eigenvalue weighted by molar-refractivity contribution is 5.75. The topological polar surface area (TPSA) is 49.8 Å². The van der Waals surface area contributed by atoms with Crippen LogP contribution in [0.25, 0.3) is 11.0 Å². The van der Waals surface area contributed by atoms with Crippen molar-refractivity contribution < 1.29 is 4.39 Å². The maximum absolute atomic E-state index is 13.8. The first-order valence-corrected chi connectivity index (χ1v) is 5.89. The van der Waals surface area contributed by atoms with Crippen LogP contribution in [0.2, 0.25) is 0 Å². The predicted molar refractivity (Wildman–Crippen MR) is 63.4 cm³/mol. The van der Waals surface area contributed by atoms with Crippen molar-refractivity contribution in [2.24, 2.45) is 0 Å². The molecule has 1 aromatic carbocycles. The summed E-state index contributed by atoms with van der Waals surface area (Å²) in [5.41, 5.74) is 0.684. The first kappa shape index (κ1) is 10.5. The normalized spacial score (nSPS) is 20.9. The third kappa shape index (κ3) is 1.67. The molecule has 1 saturated heterocycles. The minimum Gasteiger partial charge on any atom is -0.305 e. The molecule has 2 heterocycles. The van der Waals surface area contributed by atoms with Gasteiger partial charge in [0, 0.05) is 0 Å². The van der Waals surface area contributed by atoms with Gasteiger partial charge in [0.05, 0.1) is 11.7 Å². The highest BCUT2D eigenvalue weighted by Gasteiger charge is 2.20. The Hall–Kier alpha value is -1.62. The molecule has 1 aliphatic heterocycles. The Morgan fingerprint density at radius 3 is 3.00 bits per heavy atom. The van der Waals surface area contributed by atoms with E-state index in [1.807, 2.05) is 0 Å². The molecule has 0 bridgehead atoms. The average molecular weight is 235 g/mol. The molecule has 0 spiro atoms. The lowest BCUT2D eigenvalue weighted by molar-refractivity contribution is 0.319. The molecule has 2 N–H and O–H groups in total. The van der Waals surface area contributed by atoms with E-state index in [1.165, 1.54) is 10.6 Å². The van der Waals surface area contributed by atoms with Crippen molar-refractivity contribution in [3.05, 3.63) is 34.5 Å². The molecular weight excluding hydrogens is 221 g/mol. The number of piperidine rings is 1. The van der Waals surface area contributed by atoms with E-state index >= 15 is 0 Å². The quantitative estimate of drug-likeness (QED) is 0.791. The van der Waals surface area contributed by atoms with E-state index in [4.69, 9.17) is 0 Å². The van der Waals surface area contributed by atoms with Crippen molar-refractivity contribution in [2.45, 2.75) is 25.4 Å². The second kappa shape index (κ2) is 4.00. The summed E-state index contributed by atoms with van der Waals surface area (Å²) in [6.07, 6.45) is 2.93. The van der Waals surface area contributed by atoms with Gasteiger partial charge in [-0.2, -0.15) is 0 Å². The molecule has 3 rings (SSSR count). The molecule has 1 atom stereocenters. The number of nitrogens with zero attached hydrogens (tertiary/aromatic N) is 1. The summed E-state index contributed by atoms with van der Waals surface area (Å²) >= 11 is 0. The second-order valence-corrected chi connectivity index (χ2v) is 4.40. The van der Waals surface area contributed by atoms with Crippen molar-refractivity contribution in [1.29, 1.82) is 0 Å². The van der Waals surface area contributed by atoms with Gasteiger partial charge in [0.1, 0.15) is 11.3 Å². The third-order valence-electron chi connectivity index (χ3n) is 3.28. The van der Waals surface area contributed by atoms with Crippen LogP contribution in [0.15, 0.2) is 23.0 Å². The molecule has 5 heteroatoms. The molecule has 1 unspecified atom stereocenters. The van der Waals surface area contributed by atoms with Crippen molar-refractivity contribution in [1.82, 2.24) is 14.9 Å². The average Bonchev–Trinajstić information content (AvgIpc) is 2.68. The summed E-state index contributed by atoms with van der Waals surface area (Å²) in [4.78, 5) is 14.6. The Morgan fingerprint density at radius 1 is 1.35 bits per heavy atom. The third-order valence-corrected chi connectivity index (χ3v) is 3.28. The zero-order valence-corrected chi connectivity index (χ0v) is 9.37. The largest absolute Gasteiger partial charge is 0.327 e. The molecule has 90 valence electrons. The molecule has 1 aromatic heterocycles. The number of hydrogen-bond donors (Lipinski definition) is 2. The van der Waals surface area contributed by atoms with Crippen LogP contribution >= 0.6 is 0 Å². The molecule has 17 heavy (non-hydrogen) atoms. The van der Waals surface area contributed by atoms with Gasteiger partial charge in [-0.25, -0.2) is 9.18 Å². The smallest absolute Gasteiger partial charge is 0.305 e. The highest BCUT2D eigenvalue weighted by Crippen LogP contribution is 2.22. The zero-order valence-electron chi connectivity index (χ0n) is 9.37. The molecule has 1 aliphatic rings. The number of hydrogen-bond acceptors (Lipinski definition) is 2. The number of aromatic nitrogens is 2. The molecule has 0 amide bonds. The second-order valence-electron chi connectivity index (χ2n) is 4.40. The number of para-hydroxylation sites is 1. The van der Waals surface area contributed by atoms with Crippen LogP contribution in [0.1, 0.15) is 25.4 Å². The van der Waals surface area contributed by atoms with Gasteiger partial charge >= 0.3 is 5.69 Å². The Balaban J connectivity index is 2.20. The summed E-state index contributed by atoms with van der Waals surface area (Å²) in [6, 6.07) is 4.71. The molecular formula is C12H14FN3O. The van der Waals surface area contributed by atoms with E-state index in [0.29, 0.717) is 11.0 Å². The molecule has 0 radical (unpaired) electrons. The van der Waals surface area contributed by atoms with Crippen LogP contribution in [0.5, 0.6) is 0 Å². The van der Waals surface area contributed by atoms with Crippen LogP contribution in [0, 0.1) is 5.82 Å².